The minimum atomic E-state index is -0.511. The Bertz CT molecular complexity index is 587. The second kappa shape index (κ2) is 7.55. The third-order valence-corrected chi connectivity index (χ3v) is 3.96. The molecular weight excluding hydrogens is 308 g/mol. The lowest BCUT2D eigenvalue weighted by molar-refractivity contribution is -0.126. The smallest absolute Gasteiger partial charge is 0.410 e. The monoisotopic (exact) mass is 334 g/mol. The zero-order valence-electron chi connectivity index (χ0n) is 14.5. The van der Waals surface area contributed by atoms with E-state index in [-0.39, 0.29) is 23.7 Å². The first-order valence-electron chi connectivity index (χ1n) is 8.29. The van der Waals surface area contributed by atoms with Gasteiger partial charge in [0.1, 0.15) is 11.4 Å². The van der Waals surface area contributed by atoms with Crippen molar-refractivity contribution < 1.29 is 19.4 Å². The molecule has 1 aliphatic heterocycles. The molecule has 1 aromatic carbocycles. The van der Waals surface area contributed by atoms with E-state index in [1.54, 1.807) is 23.1 Å². The highest BCUT2D eigenvalue weighted by molar-refractivity contribution is 5.79. The van der Waals surface area contributed by atoms with Crippen LogP contribution >= 0.6 is 0 Å². The highest BCUT2D eigenvalue weighted by Gasteiger charge is 2.29. The van der Waals surface area contributed by atoms with Gasteiger partial charge >= 0.3 is 6.09 Å². The predicted molar refractivity (Wildman–Crippen MR) is 90.5 cm³/mol. The Hall–Kier alpha value is -2.24. The molecule has 2 N–H and O–H groups in total. The number of hydrogen-bond acceptors (Lipinski definition) is 4. The van der Waals surface area contributed by atoms with Crippen LogP contribution in [0.25, 0.3) is 0 Å². The molecule has 0 spiro atoms. The fraction of sp³-hybridized carbons (Fsp3) is 0.556. The van der Waals surface area contributed by atoms with Crippen molar-refractivity contribution >= 4 is 12.0 Å². The molecule has 6 heteroatoms. The SMILES string of the molecule is CC(C)(C)OC(=O)N1CCC(C(=O)NCc2ccccc2O)CC1. The fourth-order valence-electron chi connectivity index (χ4n) is 2.64. The number of amides is 2. The van der Waals surface area contributed by atoms with Gasteiger partial charge in [0.25, 0.3) is 0 Å². The van der Waals surface area contributed by atoms with Crippen molar-refractivity contribution in [2.75, 3.05) is 13.1 Å². The Balaban J connectivity index is 1.78. The number of para-hydroxylation sites is 1. The number of nitrogens with one attached hydrogen (secondary N) is 1. The first-order chi connectivity index (χ1) is 11.3. The predicted octanol–water partition coefficient (Wildman–Crippen LogP) is 2.66. The molecular formula is C18H26N2O4. The molecule has 1 fully saturated rings. The van der Waals surface area contributed by atoms with E-state index in [2.05, 4.69) is 5.32 Å². The summed E-state index contributed by atoms with van der Waals surface area (Å²) in [4.78, 5) is 25.9. The Labute approximate surface area is 142 Å². The highest BCUT2D eigenvalue weighted by Crippen LogP contribution is 2.21. The van der Waals surface area contributed by atoms with E-state index in [1.165, 1.54) is 0 Å². The molecule has 24 heavy (non-hydrogen) atoms. The van der Waals surface area contributed by atoms with E-state index in [0.29, 0.717) is 38.0 Å². The van der Waals surface area contributed by atoms with Crippen molar-refractivity contribution in [3.8, 4) is 5.75 Å². The Kier molecular flexibility index (Phi) is 5.70. The number of carbonyl (C=O) groups excluding carboxylic acids is 2. The number of aromatic hydroxyl groups is 1. The number of phenolic OH excluding ortho intramolecular Hbond substituents is 1. The number of carbonyl (C=O) groups is 2. The van der Waals surface area contributed by atoms with Crippen LogP contribution in [0.4, 0.5) is 4.79 Å². The quantitative estimate of drug-likeness (QED) is 0.891. The molecule has 1 heterocycles. The molecule has 0 atom stereocenters. The molecule has 1 aromatic rings. The summed E-state index contributed by atoms with van der Waals surface area (Å²) >= 11 is 0. The van der Waals surface area contributed by atoms with Crippen molar-refractivity contribution in [3.63, 3.8) is 0 Å². The van der Waals surface area contributed by atoms with Crippen LogP contribution in [0.5, 0.6) is 5.75 Å². The molecule has 0 saturated carbocycles. The zero-order chi connectivity index (χ0) is 17.7. The van der Waals surface area contributed by atoms with Gasteiger partial charge in [0.15, 0.2) is 0 Å². The van der Waals surface area contributed by atoms with Crippen LogP contribution in [0.15, 0.2) is 24.3 Å². The van der Waals surface area contributed by atoms with Crippen molar-refractivity contribution in [1.82, 2.24) is 10.2 Å². The molecule has 1 saturated heterocycles. The summed E-state index contributed by atoms with van der Waals surface area (Å²) in [6.45, 7) is 6.85. The topological polar surface area (TPSA) is 78.9 Å². The maximum absolute atomic E-state index is 12.3. The lowest BCUT2D eigenvalue weighted by atomic mass is 9.96. The van der Waals surface area contributed by atoms with Crippen LogP contribution in [0.1, 0.15) is 39.2 Å². The van der Waals surface area contributed by atoms with E-state index >= 15 is 0 Å². The van der Waals surface area contributed by atoms with Crippen LogP contribution in [-0.2, 0) is 16.1 Å². The number of nitrogens with zero attached hydrogens (tertiary/aromatic N) is 1. The minimum Gasteiger partial charge on any atom is -0.508 e. The van der Waals surface area contributed by atoms with Gasteiger partial charge in [-0.05, 0) is 39.7 Å². The number of hydrogen-bond donors (Lipinski definition) is 2. The van der Waals surface area contributed by atoms with E-state index in [4.69, 9.17) is 4.74 Å². The summed E-state index contributed by atoms with van der Waals surface area (Å²) in [7, 11) is 0. The molecule has 0 bridgehead atoms. The summed E-state index contributed by atoms with van der Waals surface area (Å²) in [5.41, 5.74) is 0.181. The molecule has 0 unspecified atom stereocenters. The molecule has 0 aromatic heterocycles. The lowest BCUT2D eigenvalue weighted by Crippen LogP contribution is -2.44. The normalized spacial score (nSPS) is 15.9. The number of phenols is 1. The van der Waals surface area contributed by atoms with Crippen LogP contribution in [0, 0.1) is 5.92 Å². The molecule has 2 amide bonds. The summed E-state index contributed by atoms with van der Waals surface area (Å²) in [5.74, 6) is 0.0224. The zero-order valence-corrected chi connectivity index (χ0v) is 14.5. The largest absolute Gasteiger partial charge is 0.508 e. The fourth-order valence-corrected chi connectivity index (χ4v) is 2.64. The van der Waals surface area contributed by atoms with Crippen molar-refractivity contribution in [2.24, 2.45) is 5.92 Å². The van der Waals surface area contributed by atoms with Crippen LogP contribution < -0.4 is 5.32 Å². The first kappa shape index (κ1) is 18.1. The average molecular weight is 334 g/mol. The Morgan fingerprint density at radius 3 is 2.46 bits per heavy atom. The van der Waals surface area contributed by atoms with Crippen molar-refractivity contribution in [1.29, 1.82) is 0 Å². The van der Waals surface area contributed by atoms with Gasteiger partial charge in [-0.3, -0.25) is 4.79 Å². The van der Waals surface area contributed by atoms with Gasteiger partial charge in [-0.15, -0.1) is 0 Å². The van der Waals surface area contributed by atoms with E-state index < -0.39 is 5.60 Å². The Morgan fingerprint density at radius 2 is 1.88 bits per heavy atom. The number of ether oxygens (including phenoxy) is 1. The van der Waals surface area contributed by atoms with Gasteiger partial charge in [-0.2, -0.15) is 0 Å². The number of rotatable bonds is 3. The molecule has 0 radical (unpaired) electrons. The second-order valence-corrected chi connectivity index (χ2v) is 7.09. The molecule has 6 nitrogen and oxygen atoms in total. The highest BCUT2D eigenvalue weighted by atomic mass is 16.6. The van der Waals surface area contributed by atoms with Crippen molar-refractivity contribution in [2.45, 2.75) is 45.8 Å². The number of benzene rings is 1. The standard InChI is InChI=1S/C18H26N2O4/c1-18(2,3)24-17(23)20-10-8-13(9-11-20)16(22)19-12-14-6-4-5-7-15(14)21/h4-7,13,21H,8-12H2,1-3H3,(H,19,22). The maximum Gasteiger partial charge on any atom is 0.410 e. The summed E-state index contributed by atoms with van der Waals surface area (Å²) < 4.78 is 5.35. The van der Waals surface area contributed by atoms with Crippen LogP contribution in [0.2, 0.25) is 0 Å². The molecule has 132 valence electrons. The summed E-state index contributed by atoms with van der Waals surface area (Å²) in [6, 6.07) is 6.94. The van der Waals surface area contributed by atoms with Gasteiger partial charge in [-0.1, -0.05) is 18.2 Å². The van der Waals surface area contributed by atoms with Gasteiger partial charge in [0, 0.05) is 31.1 Å². The Morgan fingerprint density at radius 1 is 1.25 bits per heavy atom. The average Bonchev–Trinajstić information content (AvgIpc) is 2.52. The van der Waals surface area contributed by atoms with E-state index in [0.717, 1.165) is 0 Å². The number of likely N-dealkylation sites (tertiary alicyclic amines) is 1. The number of piperidine rings is 1. The van der Waals surface area contributed by atoms with Gasteiger partial charge < -0.3 is 20.1 Å². The third-order valence-electron chi connectivity index (χ3n) is 3.96. The molecule has 1 aliphatic rings. The summed E-state index contributed by atoms with van der Waals surface area (Å²) in [5, 5.41) is 12.6. The minimum absolute atomic E-state index is 0.0397. The lowest BCUT2D eigenvalue weighted by Gasteiger charge is -2.32. The van der Waals surface area contributed by atoms with Gasteiger partial charge in [0.2, 0.25) is 5.91 Å². The van der Waals surface area contributed by atoms with Crippen LogP contribution in [-0.4, -0.2) is 40.7 Å². The van der Waals surface area contributed by atoms with Gasteiger partial charge in [-0.25, -0.2) is 4.79 Å². The molecule has 0 aliphatic carbocycles. The third kappa shape index (κ3) is 5.15. The van der Waals surface area contributed by atoms with Crippen LogP contribution in [0.3, 0.4) is 0 Å². The van der Waals surface area contributed by atoms with E-state index in [1.807, 2.05) is 26.8 Å². The summed E-state index contributed by atoms with van der Waals surface area (Å²) in [6.07, 6.45) is 0.910. The maximum atomic E-state index is 12.3. The first-order valence-corrected chi connectivity index (χ1v) is 8.29. The van der Waals surface area contributed by atoms with E-state index in [9.17, 15) is 14.7 Å². The van der Waals surface area contributed by atoms with Gasteiger partial charge in [0.05, 0.1) is 0 Å². The second-order valence-electron chi connectivity index (χ2n) is 7.09. The van der Waals surface area contributed by atoms with Crippen molar-refractivity contribution in [3.05, 3.63) is 29.8 Å². The molecule has 2 rings (SSSR count).